The lowest BCUT2D eigenvalue weighted by atomic mass is 9.87. The quantitative estimate of drug-likeness (QED) is 0.625. The van der Waals surface area contributed by atoms with Gasteiger partial charge in [0.1, 0.15) is 5.82 Å². The number of carbonyl (C=O) groups excluding carboxylic acids is 1. The molecule has 2 heterocycles. The monoisotopic (exact) mass is 456 g/mol. The van der Waals surface area contributed by atoms with E-state index in [1.807, 2.05) is 24.3 Å². The fraction of sp³-hybridized carbons (Fsp3) is 0.393. The minimum Gasteiger partial charge on any atom is -0.354 e. The molecule has 2 aromatic carbocycles. The fourth-order valence-corrected chi connectivity index (χ4v) is 5.22. The maximum atomic E-state index is 13.2. The number of benzene rings is 2. The van der Waals surface area contributed by atoms with E-state index >= 15 is 0 Å². The molecular formula is C28H32N4O2. The molecule has 1 N–H and O–H groups in total. The van der Waals surface area contributed by atoms with Crippen LogP contribution < -0.4 is 15.8 Å². The first kappa shape index (κ1) is 22.4. The predicted molar refractivity (Wildman–Crippen MR) is 134 cm³/mol. The number of nitrogens with zero attached hydrogens (tertiary/aromatic N) is 3. The summed E-state index contributed by atoms with van der Waals surface area (Å²) in [5, 5.41) is 7.99. The first-order chi connectivity index (χ1) is 16.6. The van der Waals surface area contributed by atoms with Gasteiger partial charge in [0.25, 0.3) is 5.56 Å². The van der Waals surface area contributed by atoms with Crippen molar-refractivity contribution in [2.24, 2.45) is 5.92 Å². The lowest BCUT2D eigenvalue weighted by molar-refractivity contribution is -0.126. The van der Waals surface area contributed by atoms with Crippen molar-refractivity contribution in [3.63, 3.8) is 0 Å². The minimum atomic E-state index is -0.157. The highest BCUT2D eigenvalue weighted by molar-refractivity contribution is 5.80. The van der Waals surface area contributed by atoms with Gasteiger partial charge in [0.2, 0.25) is 5.91 Å². The molecule has 0 bridgehead atoms. The Kier molecular flexibility index (Phi) is 6.48. The fourth-order valence-electron chi connectivity index (χ4n) is 5.22. The van der Waals surface area contributed by atoms with Crippen LogP contribution in [0.15, 0.2) is 65.5 Å². The molecule has 1 aliphatic heterocycles. The number of carbonyl (C=O) groups is 1. The molecule has 2 atom stereocenters. The molecule has 2 aliphatic rings. The smallest absolute Gasteiger partial charge is 0.271 e. The lowest BCUT2D eigenvalue weighted by Crippen LogP contribution is -2.45. The van der Waals surface area contributed by atoms with E-state index in [2.05, 4.69) is 46.5 Å². The van der Waals surface area contributed by atoms with Gasteiger partial charge in [0.15, 0.2) is 0 Å². The molecule has 6 heteroatoms. The van der Waals surface area contributed by atoms with Crippen molar-refractivity contribution in [1.82, 2.24) is 15.1 Å². The number of nitrogens with one attached hydrogen (secondary N) is 1. The van der Waals surface area contributed by atoms with E-state index in [0.717, 1.165) is 56.6 Å². The van der Waals surface area contributed by atoms with Crippen LogP contribution in [-0.2, 0) is 17.6 Å². The lowest BCUT2D eigenvalue weighted by Gasteiger charge is -2.34. The molecule has 0 unspecified atom stereocenters. The Bertz CT molecular complexity index is 1220. The van der Waals surface area contributed by atoms with Gasteiger partial charge in [-0.15, -0.1) is 5.10 Å². The molecule has 1 aromatic heterocycles. The van der Waals surface area contributed by atoms with Gasteiger partial charge in [-0.05, 0) is 73.4 Å². The summed E-state index contributed by atoms with van der Waals surface area (Å²) in [4.78, 5) is 27.9. The SMILES string of the molecule is CCc1ccc(-n2nc(N3CCC[C@H](C(=O)N[C@@H]4CCCc5ccccc54)C3)ccc2=O)cc1. The third-order valence-corrected chi connectivity index (χ3v) is 7.18. The second-order valence-corrected chi connectivity index (χ2v) is 9.40. The number of rotatable bonds is 5. The van der Waals surface area contributed by atoms with Crippen molar-refractivity contribution < 1.29 is 4.79 Å². The van der Waals surface area contributed by atoms with Crippen LogP contribution >= 0.6 is 0 Å². The molecule has 1 aliphatic carbocycles. The number of anilines is 1. The zero-order valence-corrected chi connectivity index (χ0v) is 19.7. The normalized spacial score (nSPS) is 20.0. The topological polar surface area (TPSA) is 67.2 Å². The molecule has 1 amide bonds. The van der Waals surface area contributed by atoms with Crippen molar-refractivity contribution >= 4 is 11.7 Å². The Morgan fingerprint density at radius 3 is 2.68 bits per heavy atom. The Morgan fingerprint density at radius 2 is 1.85 bits per heavy atom. The summed E-state index contributed by atoms with van der Waals surface area (Å²) >= 11 is 0. The van der Waals surface area contributed by atoms with Gasteiger partial charge in [-0.2, -0.15) is 4.68 Å². The number of amides is 1. The summed E-state index contributed by atoms with van der Waals surface area (Å²) in [7, 11) is 0. The van der Waals surface area contributed by atoms with E-state index in [0.29, 0.717) is 6.54 Å². The van der Waals surface area contributed by atoms with Crippen molar-refractivity contribution in [2.45, 2.75) is 51.5 Å². The number of aryl methyl sites for hydroxylation is 2. The number of aromatic nitrogens is 2. The molecule has 1 saturated heterocycles. The van der Waals surface area contributed by atoms with Crippen LogP contribution in [0.2, 0.25) is 0 Å². The van der Waals surface area contributed by atoms with Crippen LogP contribution in [0.3, 0.4) is 0 Å². The van der Waals surface area contributed by atoms with Gasteiger partial charge in [0, 0.05) is 19.2 Å². The second kappa shape index (κ2) is 9.84. The Hall–Kier alpha value is -3.41. The third-order valence-electron chi connectivity index (χ3n) is 7.18. The van der Waals surface area contributed by atoms with Crippen LogP contribution in [0.4, 0.5) is 5.82 Å². The Balaban J connectivity index is 1.31. The Morgan fingerprint density at radius 1 is 1.03 bits per heavy atom. The molecule has 6 nitrogen and oxygen atoms in total. The molecule has 34 heavy (non-hydrogen) atoms. The van der Waals surface area contributed by atoms with Crippen molar-refractivity contribution in [2.75, 3.05) is 18.0 Å². The average Bonchev–Trinajstić information content (AvgIpc) is 2.89. The van der Waals surface area contributed by atoms with E-state index in [4.69, 9.17) is 0 Å². The van der Waals surface area contributed by atoms with E-state index < -0.39 is 0 Å². The number of hydrogen-bond donors (Lipinski definition) is 1. The summed E-state index contributed by atoms with van der Waals surface area (Å²) in [6, 6.07) is 19.8. The number of fused-ring (bicyclic) bond motifs is 1. The first-order valence-corrected chi connectivity index (χ1v) is 12.4. The van der Waals surface area contributed by atoms with Gasteiger partial charge < -0.3 is 10.2 Å². The van der Waals surface area contributed by atoms with E-state index in [-0.39, 0.29) is 23.4 Å². The highest BCUT2D eigenvalue weighted by Gasteiger charge is 2.30. The summed E-state index contributed by atoms with van der Waals surface area (Å²) in [6.45, 7) is 3.55. The zero-order valence-electron chi connectivity index (χ0n) is 19.7. The average molecular weight is 457 g/mol. The van der Waals surface area contributed by atoms with Gasteiger partial charge in [-0.25, -0.2) is 0 Å². The summed E-state index contributed by atoms with van der Waals surface area (Å²) in [5.74, 6) is 0.767. The number of hydrogen-bond acceptors (Lipinski definition) is 4. The molecule has 0 spiro atoms. The van der Waals surface area contributed by atoms with Gasteiger partial charge in [0.05, 0.1) is 17.6 Å². The van der Waals surface area contributed by atoms with Crippen LogP contribution in [0, 0.1) is 5.92 Å². The highest BCUT2D eigenvalue weighted by Crippen LogP contribution is 2.30. The van der Waals surface area contributed by atoms with Crippen LogP contribution in [-0.4, -0.2) is 28.8 Å². The minimum absolute atomic E-state index is 0.0890. The van der Waals surface area contributed by atoms with Crippen LogP contribution in [0.5, 0.6) is 0 Å². The van der Waals surface area contributed by atoms with Crippen molar-refractivity contribution in [3.8, 4) is 5.69 Å². The molecular weight excluding hydrogens is 424 g/mol. The second-order valence-electron chi connectivity index (χ2n) is 9.40. The molecule has 3 aromatic rings. The Labute approximate surface area is 200 Å². The third kappa shape index (κ3) is 4.63. The summed E-state index contributed by atoms with van der Waals surface area (Å²) in [5.41, 5.74) is 4.43. The first-order valence-electron chi connectivity index (χ1n) is 12.4. The maximum Gasteiger partial charge on any atom is 0.271 e. The molecule has 5 rings (SSSR count). The van der Waals surface area contributed by atoms with Gasteiger partial charge in [-0.1, -0.05) is 43.3 Å². The van der Waals surface area contributed by atoms with Gasteiger partial charge >= 0.3 is 0 Å². The van der Waals surface area contributed by atoms with E-state index in [9.17, 15) is 9.59 Å². The van der Waals surface area contributed by atoms with E-state index in [1.54, 1.807) is 12.1 Å². The molecule has 176 valence electrons. The predicted octanol–water partition coefficient (Wildman–Crippen LogP) is 4.21. The standard InChI is InChI=1S/C28H32N4O2/c1-2-20-12-14-23(15-13-20)32-27(33)17-16-26(30-32)31-18-6-9-22(19-31)28(34)29-25-11-5-8-21-7-3-4-10-24(21)25/h3-4,7,10,12-17,22,25H,2,5-6,8-9,11,18-19H2,1H3,(H,29,34)/t22-,25+/m0/s1. The maximum absolute atomic E-state index is 13.2. The van der Waals surface area contributed by atoms with Crippen molar-refractivity contribution in [3.05, 3.63) is 87.7 Å². The van der Waals surface area contributed by atoms with Gasteiger partial charge in [-0.3, -0.25) is 9.59 Å². The van der Waals surface area contributed by atoms with Crippen LogP contribution in [0.1, 0.15) is 55.3 Å². The van der Waals surface area contributed by atoms with Crippen molar-refractivity contribution in [1.29, 1.82) is 0 Å². The summed E-state index contributed by atoms with van der Waals surface area (Å²) in [6.07, 6.45) is 5.92. The molecule has 0 saturated carbocycles. The zero-order chi connectivity index (χ0) is 23.5. The molecule has 0 radical (unpaired) electrons. The highest BCUT2D eigenvalue weighted by atomic mass is 16.2. The van der Waals surface area contributed by atoms with E-state index in [1.165, 1.54) is 21.4 Å². The number of piperidine rings is 1. The molecule has 1 fully saturated rings. The van der Waals surface area contributed by atoms with Crippen LogP contribution in [0.25, 0.3) is 5.69 Å². The largest absolute Gasteiger partial charge is 0.354 e. The summed E-state index contributed by atoms with van der Waals surface area (Å²) < 4.78 is 1.46.